The Kier molecular flexibility index (Phi) is 6.05. The fourth-order valence-electron chi connectivity index (χ4n) is 2.09. The molecule has 0 radical (unpaired) electrons. The first-order valence-corrected chi connectivity index (χ1v) is 8.66. The number of nitriles is 1. The van der Waals surface area contributed by atoms with Crippen LogP contribution >= 0.6 is 11.8 Å². The van der Waals surface area contributed by atoms with E-state index in [1.54, 1.807) is 11.8 Å². The van der Waals surface area contributed by atoms with Crippen LogP contribution in [0.3, 0.4) is 0 Å². The smallest absolute Gasteiger partial charge is 0.267 e. The Balaban J connectivity index is 2.13. The van der Waals surface area contributed by atoms with Gasteiger partial charge in [-0.3, -0.25) is 4.79 Å². The van der Waals surface area contributed by atoms with Gasteiger partial charge < -0.3 is 10.6 Å². The van der Waals surface area contributed by atoms with E-state index >= 15 is 0 Å². The van der Waals surface area contributed by atoms with Gasteiger partial charge in [-0.25, -0.2) is 0 Å². The molecule has 122 valence electrons. The van der Waals surface area contributed by atoms with Crippen molar-refractivity contribution in [3.63, 3.8) is 0 Å². The molecule has 0 heterocycles. The van der Waals surface area contributed by atoms with Crippen molar-refractivity contribution in [1.29, 1.82) is 5.26 Å². The Hall–Kier alpha value is -2.71. The van der Waals surface area contributed by atoms with Gasteiger partial charge in [0.2, 0.25) is 0 Å². The quantitative estimate of drug-likeness (QED) is 0.479. The maximum atomic E-state index is 12.3. The summed E-state index contributed by atoms with van der Waals surface area (Å²) in [5.74, 6) is -0.431. The van der Waals surface area contributed by atoms with Gasteiger partial charge in [0.05, 0.1) is 0 Å². The first-order chi connectivity index (χ1) is 11.5. The zero-order chi connectivity index (χ0) is 17.5. The van der Waals surface area contributed by atoms with Crippen LogP contribution in [0.25, 0.3) is 0 Å². The van der Waals surface area contributed by atoms with Crippen molar-refractivity contribution in [3.05, 3.63) is 65.4 Å². The number of aryl methyl sites for hydroxylation is 1. The number of rotatable bonds is 5. The number of carbonyl (C=O) groups excluding carboxylic acids is 1. The maximum absolute atomic E-state index is 12.3. The lowest BCUT2D eigenvalue weighted by Gasteiger charge is -2.10. The number of anilines is 2. The summed E-state index contributed by atoms with van der Waals surface area (Å²) in [6.07, 6.45) is 3.42. The number of carbonyl (C=O) groups is 1. The standard InChI is InChI=1S/C19H19N3OS/c1-13-6-4-9-18(14(13)2)22-19(23)15(11-20)12-21-16-7-5-8-17(10-16)24-3/h4-10,12,21H,1-3H3,(H,22,23)/b15-12-. The molecule has 2 N–H and O–H groups in total. The second-order valence-corrected chi connectivity index (χ2v) is 6.13. The van der Waals surface area contributed by atoms with Crippen LogP contribution in [0, 0.1) is 25.2 Å². The third-order valence-electron chi connectivity index (χ3n) is 3.67. The van der Waals surface area contributed by atoms with E-state index in [0.29, 0.717) is 5.69 Å². The van der Waals surface area contributed by atoms with E-state index in [1.807, 2.05) is 68.6 Å². The van der Waals surface area contributed by atoms with Crippen molar-refractivity contribution >= 4 is 29.0 Å². The van der Waals surface area contributed by atoms with Crippen molar-refractivity contribution < 1.29 is 4.79 Å². The first kappa shape index (κ1) is 17.6. The number of amides is 1. The SMILES string of the molecule is CSc1cccc(N/C=C(/C#N)C(=O)Nc2cccc(C)c2C)c1. The van der Waals surface area contributed by atoms with E-state index in [0.717, 1.165) is 21.7 Å². The number of nitrogens with one attached hydrogen (secondary N) is 2. The van der Waals surface area contributed by atoms with Crippen molar-refractivity contribution in [1.82, 2.24) is 0 Å². The second-order valence-electron chi connectivity index (χ2n) is 5.25. The molecule has 0 spiro atoms. The normalized spacial score (nSPS) is 10.8. The summed E-state index contributed by atoms with van der Waals surface area (Å²) < 4.78 is 0. The second kappa shape index (κ2) is 8.23. The molecule has 0 aromatic heterocycles. The third-order valence-corrected chi connectivity index (χ3v) is 4.40. The Labute approximate surface area is 146 Å². The fraction of sp³-hybridized carbons (Fsp3) is 0.158. The van der Waals surface area contributed by atoms with Crippen molar-refractivity contribution in [2.24, 2.45) is 0 Å². The zero-order valence-corrected chi connectivity index (χ0v) is 14.7. The van der Waals surface area contributed by atoms with Crippen LogP contribution in [0.2, 0.25) is 0 Å². The minimum Gasteiger partial charge on any atom is -0.360 e. The van der Waals surface area contributed by atoms with Crippen LogP contribution in [0.5, 0.6) is 0 Å². The summed E-state index contributed by atoms with van der Waals surface area (Å²) >= 11 is 1.63. The zero-order valence-electron chi connectivity index (χ0n) is 13.9. The van der Waals surface area contributed by atoms with E-state index in [2.05, 4.69) is 10.6 Å². The predicted octanol–water partition coefficient (Wildman–Crippen LogP) is 4.48. The average Bonchev–Trinajstić information content (AvgIpc) is 2.59. The Morgan fingerprint density at radius 3 is 2.67 bits per heavy atom. The highest BCUT2D eigenvalue weighted by Gasteiger charge is 2.11. The molecule has 0 bridgehead atoms. The molecular weight excluding hydrogens is 318 g/mol. The highest BCUT2D eigenvalue weighted by atomic mass is 32.2. The monoisotopic (exact) mass is 337 g/mol. The van der Waals surface area contributed by atoms with Crippen LogP contribution in [0.4, 0.5) is 11.4 Å². The topological polar surface area (TPSA) is 64.9 Å². The molecule has 4 nitrogen and oxygen atoms in total. The number of benzene rings is 2. The van der Waals surface area contributed by atoms with E-state index in [9.17, 15) is 10.1 Å². The van der Waals surface area contributed by atoms with Gasteiger partial charge in [0.1, 0.15) is 11.6 Å². The third kappa shape index (κ3) is 4.40. The minimum atomic E-state index is -0.431. The molecule has 0 atom stereocenters. The first-order valence-electron chi connectivity index (χ1n) is 7.43. The molecule has 5 heteroatoms. The van der Waals surface area contributed by atoms with Gasteiger partial charge in [-0.2, -0.15) is 5.26 Å². The molecule has 0 aliphatic heterocycles. The van der Waals surface area contributed by atoms with Crippen molar-refractivity contribution in [2.75, 3.05) is 16.9 Å². The Morgan fingerprint density at radius 1 is 1.21 bits per heavy atom. The predicted molar refractivity (Wildman–Crippen MR) is 100 cm³/mol. The molecule has 0 fully saturated rings. The van der Waals surface area contributed by atoms with Crippen molar-refractivity contribution in [2.45, 2.75) is 18.7 Å². The van der Waals surface area contributed by atoms with Crippen LogP contribution in [-0.2, 0) is 4.79 Å². The highest BCUT2D eigenvalue weighted by molar-refractivity contribution is 7.98. The van der Waals surface area contributed by atoms with Crippen molar-refractivity contribution in [3.8, 4) is 6.07 Å². The van der Waals surface area contributed by atoms with Gasteiger partial charge in [0.15, 0.2) is 0 Å². The van der Waals surface area contributed by atoms with Crippen LogP contribution in [0.15, 0.2) is 59.1 Å². The molecule has 2 aromatic rings. The van der Waals surface area contributed by atoms with E-state index in [-0.39, 0.29) is 5.57 Å². The lowest BCUT2D eigenvalue weighted by molar-refractivity contribution is -0.112. The van der Waals surface area contributed by atoms with Crippen LogP contribution in [-0.4, -0.2) is 12.2 Å². The summed E-state index contributed by atoms with van der Waals surface area (Å²) in [5.41, 5.74) is 3.64. The maximum Gasteiger partial charge on any atom is 0.267 e. The van der Waals surface area contributed by atoms with Gasteiger partial charge in [0.25, 0.3) is 5.91 Å². The average molecular weight is 337 g/mol. The number of nitrogens with zero attached hydrogens (tertiary/aromatic N) is 1. The van der Waals surface area contributed by atoms with E-state index in [1.165, 1.54) is 6.20 Å². The summed E-state index contributed by atoms with van der Waals surface area (Å²) in [5, 5.41) is 15.0. The van der Waals surface area contributed by atoms with Gasteiger partial charge in [-0.1, -0.05) is 18.2 Å². The lowest BCUT2D eigenvalue weighted by atomic mass is 10.1. The molecule has 24 heavy (non-hydrogen) atoms. The van der Waals surface area contributed by atoms with E-state index in [4.69, 9.17) is 0 Å². The molecule has 2 rings (SSSR count). The highest BCUT2D eigenvalue weighted by Crippen LogP contribution is 2.20. The molecule has 0 aliphatic rings. The number of hydrogen-bond donors (Lipinski definition) is 2. The summed E-state index contributed by atoms with van der Waals surface area (Å²) in [6, 6.07) is 15.4. The molecular formula is C19H19N3OS. The molecule has 1 amide bonds. The lowest BCUT2D eigenvalue weighted by Crippen LogP contribution is -2.15. The van der Waals surface area contributed by atoms with Gasteiger partial charge >= 0.3 is 0 Å². The fourth-order valence-corrected chi connectivity index (χ4v) is 2.55. The Bertz CT molecular complexity index is 822. The number of thioether (sulfide) groups is 1. The summed E-state index contributed by atoms with van der Waals surface area (Å²) in [6.45, 7) is 3.92. The molecule has 2 aromatic carbocycles. The number of hydrogen-bond acceptors (Lipinski definition) is 4. The molecule has 0 unspecified atom stereocenters. The molecule has 0 saturated heterocycles. The van der Waals surface area contributed by atoms with Gasteiger partial charge in [-0.15, -0.1) is 11.8 Å². The van der Waals surface area contributed by atoms with Crippen LogP contribution in [0.1, 0.15) is 11.1 Å². The minimum absolute atomic E-state index is 0.0189. The molecule has 0 saturated carbocycles. The summed E-state index contributed by atoms with van der Waals surface area (Å²) in [7, 11) is 0. The largest absolute Gasteiger partial charge is 0.360 e. The molecule has 0 aliphatic carbocycles. The van der Waals surface area contributed by atoms with Gasteiger partial charge in [-0.05, 0) is 55.5 Å². The van der Waals surface area contributed by atoms with Gasteiger partial charge in [0, 0.05) is 22.5 Å². The Morgan fingerprint density at radius 2 is 1.96 bits per heavy atom. The van der Waals surface area contributed by atoms with E-state index < -0.39 is 5.91 Å². The summed E-state index contributed by atoms with van der Waals surface area (Å²) in [4.78, 5) is 13.4. The van der Waals surface area contributed by atoms with Crippen LogP contribution < -0.4 is 10.6 Å².